The topological polar surface area (TPSA) is 83.0 Å². The average molecular weight is 539 g/mol. The van der Waals surface area contributed by atoms with E-state index in [0.29, 0.717) is 13.1 Å². The molecular weight excluding hydrogens is 500 g/mol. The van der Waals surface area contributed by atoms with E-state index in [1.54, 1.807) is 14.2 Å². The van der Waals surface area contributed by atoms with Crippen LogP contribution >= 0.6 is 0 Å². The van der Waals surface area contributed by atoms with Gasteiger partial charge < -0.3 is 30.3 Å². The first-order valence-electron chi connectivity index (χ1n) is 14.0. The van der Waals surface area contributed by atoms with Gasteiger partial charge in [-0.3, -0.25) is 0 Å². The normalized spacial score (nSPS) is 16.9. The summed E-state index contributed by atoms with van der Waals surface area (Å²) >= 11 is 0. The molecule has 0 saturated heterocycles. The van der Waals surface area contributed by atoms with Gasteiger partial charge in [0.2, 0.25) is 0 Å². The summed E-state index contributed by atoms with van der Waals surface area (Å²) in [4.78, 5) is 0. The van der Waals surface area contributed by atoms with Crippen molar-refractivity contribution in [1.29, 1.82) is 0 Å². The van der Waals surface area contributed by atoms with Crippen molar-refractivity contribution in [2.45, 2.75) is 50.9 Å². The lowest BCUT2D eigenvalue weighted by Crippen LogP contribution is -2.49. The third kappa shape index (κ3) is 5.93. The minimum Gasteiger partial charge on any atom is -0.507 e. The Morgan fingerprint density at radius 1 is 0.575 bits per heavy atom. The summed E-state index contributed by atoms with van der Waals surface area (Å²) in [6.45, 7) is 1.12. The molecule has 40 heavy (non-hydrogen) atoms. The lowest BCUT2D eigenvalue weighted by atomic mass is 9.89. The highest BCUT2D eigenvalue weighted by molar-refractivity contribution is 5.77. The maximum atomic E-state index is 11.1. The minimum absolute atomic E-state index is 0.252. The molecule has 0 heterocycles. The third-order valence-electron chi connectivity index (χ3n) is 7.91. The second kappa shape index (κ2) is 12.9. The maximum Gasteiger partial charge on any atom is 0.128 e. The number of hydrogen-bond acceptors (Lipinski definition) is 6. The Balaban J connectivity index is 1.28. The first-order valence-corrected chi connectivity index (χ1v) is 14.0. The summed E-state index contributed by atoms with van der Waals surface area (Å²) in [7, 11) is 3.29. The Kier molecular flexibility index (Phi) is 8.89. The van der Waals surface area contributed by atoms with Crippen molar-refractivity contribution in [1.82, 2.24) is 10.6 Å². The van der Waals surface area contributed by atoms with Crippen molar-refractivity contribution in [3.05, 3.63) is 96.1 Å². The summed E-state index contributed by atoms with van der Waals surface area (Å²) in [5, 5.41) is 29.7. The van der Waals surface area contributed by atoms with Gasteiger partial charge in [-0.1, -0.05) is 85.6 Å². The summed E-state index contributed by atoms with van der Waals surface area (Å²) < 4.78 is 11.0. The molecular formula is C34H38N2O4. The van der Waals surface area contributed by atoms with Crippen LogP contribution in [0.1, 0.15) is 36.8 Å². The van der Waals surface area contributed by atoms with Crippen LogP contribution in [0.25, 0.3) is 22.3 Å². The quantitative estimate of drug-likeness (QED) is 0.181. The van der Waals surface area contributed by atoms with Crippen molar-refractivity contribution in [2.75, 3.05) is 14.2 Å². The van der Waals surface area contributed by atoms with Crippen LogP contribution in [0.2, 0.25) is 0 Å². The number of ether oxygens (including phenoxy) is 2. The molecule has 208 valence electrons. The number of methoxy groups -OCH3 is 2. The van der Waals surface area contributed by atoms with Crippen LogP contribution in [-0.4, -0.2) is 36.5 Å². The number of hydrogen-bond donors (Lipinski definition) is 4. The molecule has 2 atom stereocenters. The number of para-hydroxylation sites is 4. The van der Waals surface area contributed by atoms with Gasteiger partial charge in [-0.05, 0) is 25.0 Å². The van der Waals surface area contributed by atoms with Gasteiger partial charge in [0, 0.05) is 58.6 Å². The van der Waals surface area contributed by atoms with Gasteiger partial charge >= 0.3 is 0 Å². The monoisotopic (exact) mass is 538 g/mol. The molecule has 1 aliphatic rings. The van der Waals surface area contributed by atoms with Gasteiger partial charge in [0.05, 0.1) is 14.2 Å². The molecule has 1 saturated carbocycles. The molecule has 0 bridgehead atoms. The number of aromatic hydroxyl groups is 2. The summed E-state index contributed by atoms with van der Waals surface area (Å²) in [5.41, 5.74) is 4.99. The molecule has 6 nitrogen and oxygen atoms in total. The minimum atomic E-state index is 0.252. The highest BCUT2D eigenvalue weighted by Crippen LogP contribution is 2.39. The molecule has 1 fully saturated rings. The van der Waals surface area contributed by atoms with Crippen LogP contribution < -0.4 is 20.1 Å². The van der Waals surface area contributed by atoms with E-state index in [2.05, 4.69) is 10.6 Å². The van der Waals surface area contributed by atoms with Crippen molar-refractivity contribution in [3.8, 4) is 45.3 Å². The molecule has 0 aromatic heterocycles. The van der Waals surface area contributed by atoms with Gasteiger partial charge in [-0.15, -0.1) is 0 Å². The van der Waals surface area contributed by atoms with E-state index < -0.39 is 0 Å². The van der Waals surface area contributed by atoms with Crippen molar-refractivity contribution in [3.63, 3.8) is 0 Å². The molecule has 0 amide bonds. The lowest BCUT2D eigenvalue weighted by molar-refractivity contribution is 0.279. The molecule has 4 aromatic carbocycles. The second-order valence-electron chi connectivity index (χ2n) is 10.3. The van der Waals surface area contributed by atoms with Gasteiger partial charge in [0.15, 0.2) is 0 Å². The van der Waals surface area contributed by atoms with E-state index in [1.807, 2.05) is 84.9 Å². The number of benzene rings is 4. The summed E-state index contributed by atoms with van der Waals surface area (Å²) in [6.07, 6.45) is 4.44. The Morgan fingerprint density at radius 2 is 0.975 bits per heavy atom. The molecule has 2 unspecified atom stereocenters. The van der Waals surface area contributed by atoms with Gasteiger partial charge in [0.1, 0.15) is 23.0 Å². The Labute approximate surface area is 236 Å². The SMILES string of the molecule is COc1ccccc1-c1cccc(CNC2CCCCC2NCc2cccc(-c3ccccc3OC)c2O)c1O. The van der Waals surface area contributed by atoms with Crippen LogP contribution in [-0.2, 0) is 13.1 Å². The maximum absolute atomic E-state index is 11.1. The molecule has 4 N–H and O–H groups in total. The summed E-state index contributed by atoms with van der Waals surface area (Å²) in [5.74, 6) is 2.02. The molecule has 1 aliphatic carbocycles. The Hall–Kier alpha value is -4.00. The highest BCUT2D eigenvalue weighted by atomic mass is 16.5. The zero-order valence-corrected chi connectivity index (χ0v) is 23.2. The number of phenols is 2. The molecule has 5 rings (SSSR count). The largest absolute Gasteiger partial charge is 0.507 e. The van der Waals surface area contributed by atoms with Crippen LogP contribution in [0.15, 0.2) is 84.9 Å². The summed E-state index contributed by atoms with van der Waals surface area (Å²) in [6, 6.07) is 27.7. The Bertz CT molecular complexity index is 1330. The molecule has 0 spiro atoms. The smallest absolute Gasteiger partial charge is 0.128 e. The zero-order chi connectivity index (χ0) is 27.9. The van der Waals surface area contributed by atoms with Crippen LogP contribution in [0, 0.1) is 0 Å². The van der Waals surface area contributed by atoms with Crippen molar-refractivity contribution < 1.29 is 19.7 Å². The predicted octanol–water partition coefficient (Wildman–Crippen LogP) is 6.64. The number of phenolic OH excluding ortho intramolecular Hbond substituents is 2. The van der Waals surface area contributed by atoms with E-state index in [-0.39, 0.29) is 23.6 Å². The Morgan fingerprint density at radius 3 is 1.40 bits per heavy atom. The van der Waals surface area contributed by atoms with Crippen LogP contribution in [0.3, 0.4) is 0 Å². The lowest BCUT2D eigenvalue weighted by Gasteiger charge is -2.33. The molecule has 0 aliphatic heterocycles. The first-order chi connectivity index (χ1) is 19.6. The van der Waals surface area contributed by atoms with Gasteiger partial charge in [0.25, 0.3) is 0 Å². The fourth-order valence-corrected chi connectivity index (χ4v) is 5.74. The van der Waals surface area contributed by atoms with Gasteiger partial charge in [-0.2, -0.15) is 0 Å². The van der Waals surface area contributed by atoms with E-state index in [1.165, 1.54) is 0 Å². The standard InChI is InChI=1S/C34H38N2O4/c1-39-31-19-7-3-13-25(31)27-15-9-11-23(33(27)37)21-35-29-17-5-6-18-30(29)36-22-24-12-10-16-28(34(24)38)26-14-4-8-20-32(26)40-2/h3-4,7-16,19-20,29-30,35-38H,5-6,17-18,21-22H2,1-2H3. The van der Waals surface area contributed by atoms with Crippen molar-refractivity contribution >= 4 is 0 Å². The molecule has 4 aromatic rings. The van der Waals surface area contributed by atoms with Crippen molar-refractivity contribution in [2.24, 2.45) is 0 Å². The van der Waals surface area contributed by atoms with E-state index in [0.717, 1.165) is 70.6 Å². The molecule has 6 heteroatoms. The predicted molar refractivity (Wildman–Crippen MR) is 160 cm³/mol. The fourth-order valence-electron chi connectivity index (χ4n) is 5.74. The van der Waals surface area contributed by atoms with E-state index >= 15 is 0 Å². The van der Waals surface area contributed by atoms with Crippen LogP contribution in [0.4, 0.5) is 0 Å². The number of rotatable bonds is 10. The average Bonchev–Trinajstić information content (AvgIpc) is 3.00. The fraction of sp³-hybridized carbons (Fsp3) is 0.294. The molecule has 0 radical (unpaired) electrons. The van der Waals surface area contributed by atoms with E-state index in [4.69, 9.17) is 9.47 Å². The van der Waals surface area contributed by atoms with Gasteiger partial charge in [-0.25, -0.2) is 0 Å². The zero-order valence-electron chi connectivity index (χ0n) is 23.2. The number of nitrogens with one attached hydrogen (secondary N) is 2. The highest BCUT2D eigenvalue weighted by Gasteiger charge is 2.25. The van der Waals surface area contributed by atoms with Crippen LogP contribution in [0.5, 0.6) is 23.0 Å². The van der Waals surface area contributed by atoms with E-state index in [9.17, 15) is 10.2 Å². The third-order valence-corrected chi connectivity index (χ3v) is 7.91. The first kappa shape index (κ1) is 27.6. The second-order valence-corrected chi connectivity index (χ2v) is 10.3.